The van der Waals surface area contributed by atoms with Gasteiger partial charge >= 0.3 is 51.4 Å². The van der Waals surface area contributed by atoms with Crippen molar-refractivity contribution < 1.29 is 64.4 Å². The van der Waals surface area contributed by atoms with E-state index in [0.717, 1.165) is 30.0 Å². The summed E-state index contributed by atoms with van der Waals surface area (Å²) in [7, 11) is -4.48. The van der Waals surface area contributed by atoms with Crippen LogP contribution in [0.1, 0.15) is 141 Å². The van der Waals surface area contributed by atoms with E-state index in [1.165, 1.54) is 108 Å². The van der Waals surface area contributed by atoms with E-state index < -0.39 is 10.1 Å². The number of benzene rings is 2. The van der Waals surface area contributed by atoms with Gasteiger partial charge in [-0.2, -0.15) is 0 Å². The van der Waals surface area contributed by atoms with E-state index in [9.17, 15) is 13.0 Å². The summed E-state index contributed by atoms with van der Waals surface area (Å²) in [5.41, 5.74) is 2.00. The van der Waals surface area contributed by atoms with E-state index >= 15 is 0 Å². The molecule has 0 aliphatic heterocycles. The second-order valence-corrected chi connectivity index (χ2v) is 12.1. The predicted octanol–water partition coefficient (Wildman–Crippen LogP) is 6.89. The Hall–Kier alpha value is 0.246. The molecule has 3 nitrogen and oxygen atoms in total. The normalized spacial score (nSPS) is 11.6. The smallest absolute Gasteiger partial charge is 0.744 e. The van der Waals surface area contributed by atoms with Crippen molar-refractivity contribution in [2.75, 3.05) is 0 Å². The molecule has 5 heteroatoms. The minimum atomic E-state index is -4.48. The maximum atomic E-state index is 12.0. The van der Waals surface area contributed by atoms with Crippen LogP contribution in [0.5, 0.6) is 0 Å². The molecule has 0 heterocycles. The Labute approximate surface area is 271 Å². The molecule has 0 spiro atoms. The van der Waals surface area contributed by atoms with Crippen LogP contribution in [0.15, 0.2) is 35.2 Å². The summed E-state index contributed by atoms with van der Waals surface area (Å²) in [5.74, 6) is 0. The predicted molar refractivity (Wildman–Crippen MR) is 154 cm³/mol. The van der Waals surface area contributed by atoms with Crippen LogP contribution in [0, 0.1) is 0 Å². The average molecular weight is 555 g/mol. The maximum absolute atomic E-state index is 12.0. The van der Waals surface area contributed by atoms with Crippen LogP contribution in [0.4, 0.5) is 0 Å². The van der Waals surface area contributed by atoms with Crippen LogP contribution in [-0.2, 0) is 23.0 Å². The van der Waals surface area contributed by atoms with Crippen LogP contribution < -0.4 is 51.4 Å². The van der Waals surface area contributed by atoms with Crippen molar-refractivity contribution in [2.24, 2.45) is 0 Å². The van der Waals surface area contributed by atoms with E-state index in [0.29, 0.717) is 12.0 Å². The fourth-order valence-electron chi connectivity index (χ4n) is 5.22. The molecule has 0 unspecified atom stereocenters. The molecular weight excluding hydrogens is 504 g/mol. The van der Waals surface area contributed by atoms with Gasteiger partial charge < -0.3 is 4.55 Å². The van der Waals surface area contributed by atoms with Crippen molar-refractivity contribution in [2.45, 2.75) is 147 Å². The van der Waals surface area contributed by atoms with Gasteiger partial charge in [-0.3, -0.25) is 0 Å². The van der Waals surface area contributed by atoms with Crippen LogP contribution in [0.2, 0.25) is 0 Å². The topological polar surface area (TPSA) is 57.2 Å². The molecule has 0 aromatic heterocycles. The van der Waals surface area contributed by atoms with E-state index in [1.54, 1.807) is 6.07 Å². The SMILES string of the molecule is CCCCCCCCCCCc1ccc2cc(S(=O)(=O)[O-])c(CCCCCCCCCCC)cc2c1.[K+]. The molecular formula is C32H51KO3S. The fraction of sp³-hybridized carbons (Fsp3) is 0.688. The van der Waals surface area contributed by atoms with Crippen molar-refractivity contribution in [3.05, 3.63) is 41.5 Å². The molecule has 0 aliphatic rings. The minimum Gasteiger partial charge on any atom is -0.744 e. The monoisotopic (exact) mass is 554 g/mol. The van der Waals surface area contributed by atoms with Crippen molar-refractivity contribution in [1.29, 1.82) is 0 Å². The molecule has 0 saturated carbocycles. The Morgan fingerprint density at radius 1 is 0.568 bits per heavy atom. The first-order valence-electron chi connectivity index (χ1n) is 15.0. The molecule has 2 aromatic rings. The third kappa shape index (κ3) is 15.0. The third-order valence-electron chi connectivity index (χ3n) is 7.47. The van der Waals surface area contributed by atoms with E-state index in [4.69, 9.17) is 0 Å². The van der Waals surface area contributed by atoms with Crippen LogP contribution in [-0.4, -0.2) is 13.0 Å². The number of unbranched alkanes of at least 4 members (excludes halogenated alkanes) is 16. The molecule has 0 N–H and O–H groups in total. The van der Waals surface area contributed by atoms with E-state index in [2.05, 4.69) is 26.0 Å². The first-order chi connectivity index (χ1) is 17.5. The third-order valence-corrected chi connectivity index (χ3v) is 8.39. The molecule has 2 rings (SSSR count). The summed E-state index contributed by atoms with van der Waals surface area (Å²) in [5, 5.41) is 1.90. The Morgan fingerprint density at radius 3 is 1.51 bits per heavy atom. The number of hydrogen-bond acceptors (Lipinski definition) is 3. The van der Waals surface area contributed by atoms with Crippen LogP contribution >= 0.6 is 0 Å². The fourth-order valence-corrected chi connectivity index (χ4v) is 5.98. The Morgan fingerprint density at radius 2 is 1.03 bits per heavy atom. The number of aryl methyl sites for hydroxylation is 2. The Bertz CT molecular complexity index is 971. The summed E-state index contributed by atoms with van der Waals surface area (Å²) < 4.78 is 35.9. The van der Waals surface area contributed by atoms with E-state index in [1.807, 2.05) is 12.1 Å². The van der Waals surface area contributed by atoms with Gasteiger partial charge in [0, 0.05) is 0 Å². The van der Waals surface area contributed by atoms with Gasteiger partial charge in [-0.1, -0.05) is 135 Å². The molecule has 0 saturated heterocycles. The van der Waals surface area contributed by atoms with Crippen LogP contribution in [0.25, 0.3) is 10.8 Å². The molecule has 0 fully saturated rings. The minimum absolute atomic E-state index is 0. The van der Waals surface area contributed by atoms with Gasteiger partial charge in [0.25, 0.3) is 0 Å². The van der Waals surface area contributed by atoms with Gasteiger partial charge in [0.15, 0.2) is 0 Å². The van der Waals surface area contributed by atoms with Crippen molar-refractivity contribution in [1.82, 2.24) is 0 Å². The molecule has 37 heavy (non-hydrogen) atoms. The van der Waals surface area contributed by atoms with Gasteiger partial charge in [-0.25, -0.2) is 8.42 Å². The second kappa shape index (κ2) is 21.1. The molecule has 0 aliphatic carbocycles. The molecule has 0 atom stereocenters. The summed E-state index contributed by atoms with van der Waals surface area (Å²) >= 11 is 0. The zero-order valence-electron chi connectivity index (χ0n) is 24.2. The molecule has 0 radical (unpaired) electrons. The zero-order valence-corrected chi connectivity index (χ0v) is 28.1. The van der Waals surface area contributed by atoms with Crippen molar-refractivity contribution in [3.8, 4) is 0 Å². The summed E-state index contributed by atoms with van der Waals surface area (Å²) in [6.07, 6.45) is 24.6. The molecule has 204 valence electrons. The maximum Gasteiger partial charge on any atom is 1.00 e. The van der Waals surface area contributed by atoms with Crippen molar-refractivity contribution in [3.63, 3.8) is 0 Å². The van der Waals surface area contributed by atoms with Gasteiger partial charge in [0.2, 0.25) is 0 Å². The standard InChI is InChI=1S/C32H52O3S.K/c1-3-5-7-9-11-13-15-17-19-21-28-23-24-29-27-32(36(33,34)35)30(26-31(29)25-28)22-20-18-16-14-12-10-8-6-4-2;/h23-27H,3-22H2,1-2H3,(H,33,34,35);/q;+1/p-1. The summed E-state index contributed by atoms with van der Waals surface area (Å²) in [4.78, 5) is -0.0266. The largest absolute Gasteiger partial charge is 1.00 e. The first-order valence-corrected chi connectivity index (χ1v) is 16.4. The van der Waals surface area contributed by atoms with E-state index in [-0.39, 0.29) is 56.3 Å². The zero-order chi connectivity index (χ0) is 26.1. The van der Waals surface area contributed by atoms with Gasteiger partial charge in [-0.15, -0.1) is 0 Å². The average Bonchev–Trinajstić information content (AvgIpc) is 2.85. The molecule has 0 amide bonds. The number of fused-ring (bicyclic) bond motifs is 1. The Balaban J connectivity index is 0.00000684. The summed E-state index contributed by atoms with van der Waals surface area (Å²) in [6.45, 7) is 4.50. The van der Waals surface area contributed by atoms with Gasteiger partial charge in [0.05, 0.1) is 4.90 Å². The summed E-state index contributed by atoms with van der Waals surface area (Å²) in [6, 6.07) is 9.83. The van der Waals surface area contributed by atoms with Gasteiger partial charge in [0.1, 0.15) is 10.1 Å². The number of hydrogen-bond donors (Lipinski definition) is 0. The Kier molecular flexibility index (Phi) is 20.1. The molecule has 2 aromatic carbocycles. The van der Waals surface area contributed by atoms with Crippen molar-refractivity contribution >= 4 is 20.9 Å². The van der Waals surface area contributed by atoms with Crippen LogP contribution in [0.3, 0.4) is 0 Å². The second-order valence-electron chi connectivity index (χ2n) is 10.8. The van der Waals surface area contributed by atoms with Gasteiger partial charge in [-0.05, 0) is 59.7 Å². The molecule has 0 bridgehead atoms. The quantitative estimate of drug-likeness (QED) is 0.0958. The number of rotatable bonds is 21. The first kappa shape index (κ1) is 35.3.